The molecule has 36 heavy (non-hydrogen) atoms. The molecule has 2 amide bonds. The van der Waals surface area contributed by atoms with Gasteiger partial charge in [-0.1, -0.05) is 23.7 Å². The monoisotopic (exact) mass is 514 g/mol. The third-order valence-corrected chi connectivity index (χ3v) is 6.90. The summed E-state index contributed by atoms with van der Waals surface area (Å²) in [5.41, 5.74) is 0.521. The van der Waals surface area contributed by atoms with Gasteiger partial charge < -0.3 is 15.5 Å². The molecule has 3 aromatic rings. The van der Waals surface area contributed by atoms with Gasteiger partial charge in [-0.2, -0.15) is 13.2 Å². The summed E-state index contributed by atoms with van der Waals surface area (Å²) in [4.78, 5) is 31.8. The lowest BCUT2D eigenvalue weighted by atomic mass is 9.92. The predicted octanol–water partition coefficient (Wildman–Crippen LogP) is 5.71. The molecule has 2 aliphatic heterocycles. The molecule has 10 heteroatoms. The van der Waals surface area contributed by atoms with Crippen molar-refractivity contribution in [2.24, 2.45) is 5.92 Å². The zero-order chi connectivity index (χ0) is 25.4. The van der Waals surface area contributed by atoms with Gasteiger partial charge in [-0.25, -0.2) is 4.98 Å². The normalized spacial score (nSPS) is 19.3. The minimum Gasteiger partial charge on any atom is -0.310 e. The van der Waals surface area contributed by atoms with Crippen LogP contribution in [0.25, 0.3) is 0 Å². The molecule has 0 aliphatic carbocycles. The number of alkyl halides is 3. The Morgan fingerprint density at radius 2 is 1.89 bits per heavy atom. The van der Waals surface area contributed by atoms with Gasteiger partial charge in [0, 0.05) is 29.5 Å². The Kier molecular flexibility index (Phi) is 6.44. The molecule has 6 nitrogen and oxygen atoms in total. The Hall–Kier alpha value is -3.43. The summed E-state index contributed by atoms with van der Waals surface area (Å²) in [6.07, 6.45) is -1.51. The van der Waals surface area contributed by atoms with Gasteiger partial charge in [0.25, 0.3) is 11.8 Å². The SMILES string of the molecule is O=C(Nc1ccc(C(=O)N2CCC3CCN[C@@H]3c3cc(Cl)ccc32)cn1)c1ccccc1C(F)(F)F. The van der Waals surface area contributed by atoms with Gasteiger partial charge in [0.05, 0.1) is 16.7 Å². The Labute approximate surface area is 210 Å². The fourth-order valence-corrected chi connectivity index (χ4v) is 5.12. The second-order valence-corrected chi connectivity index (χ2v) is 9.30. The van der Waals surface area contributed by atoms with E-state index in [4.69, 9.17) is 11.6 Å². The van der Waals surface area contributed by atoms with Crippen molar-refractivity contribution in [3.8, 4) is 0 Å². The van der Waals surface area contributed by atoms with Gasteiger partial charge in [0.15, 0.2) is 0 Å². The van der Waals surface area contributed by atoms with E-state index in [1.807, 2.05) is 12.1 Å². The van der Waals surface area contributed by atoms with Gasteiger partial charge in [0.1, 0.15) is 5.82 Å². The van der Waals surface area contributed by atoms with E-state index in [1.54, 1.807) is 11.0 Å². The highest BCUT2D eigenvalue weighted by Crippen LogP contribution is 2.42. The number of pyridine rings is 1. The number of anilines is 2. The van der Waals surface area contributed by atoms with Crippen molar-refractivity contribution in [1.29, 1.82) is 0 Å². The van der Waals surface area contributed by atoms with Crippen LogP contribution in [0.3, 0.4) is 0 Å². The predicted molar refractivity (Wildman–Crippen MR) is 130 cm³/mol. The molecule has 0 spiro atoms. The fourth-order valence-electron chi connectivity index (χ4n) is 4.94. The van der Waals surface area contributed by atoms with Gasteiger partial charge in [-0.3, -0.25) is 9.59 Å². The van der Waals surface area contributed by atoms with Gasteiger partial charge in [-0.05, 0) is 73.3 Å². The largest absolute Gasteiger partial charge is 0.417 e. The van der Waals surface area contributed by atoms with Crippen LogP contribution in [0.15, 0.2) is 60.8 Å². The maximum absolute atomic E-state index is 13.5. The summed E-state index contributed by atoms with van der Waals surface area (Å²) >= 11 is 6.26. The smallest absolute Gasteiger partial charge is 0.310 e. The molecule has 1 fully saturated rings. The number of hydrogen-bond donors (Lipinski definition) is 2. The molecule has 186 valence electrons. The molecule has 0 saturated carbocycles. The number of nitrogens with one attached hydrogen (secondary N) is 2. The van der Waals surface area contributed by atoms with Crippen molar-refractivity contribution in [3.63, 3.8) is 0 Å². The maximum Gasteiger partial charge on any atom is 0.417 e. The average molecular weight is 515 g/mol. The second kappa shape index (κ2) is 9.55. The number of carbonyl (C=O) groups excluding carboxylic acids is 2. The fraction of sp³-hybridized carbons (Fsp3) is 0.269. The van der Waals surface area contributed by atoms with Crippen molar-refractivity contribution in [2.75, 3.05) is 23.3 Å². The first kappa shape index (κ1) is 24.3. The minimum atomic E-state index is -4.67. The number of fused-ring (bicyclic) bond motifs is 3. The highest BCUT2D eigenvalue weighted by molar-refractivity contribution is 6.30. The zero-order valence-corrected chi connectivity index (χ0v) is 19.7. The van der Waals surface area contributed by atoms with Crippen LogP contribution >= 0.6 is 11.6 Å². The minimum absolute atomic E-state index is 0.0373. The van der Waals surface area contributed by atoms with Gasteiger partial charge >= 0.3 is 6.18 Å². The summed E-state index contributed by atoms with van der Waals surface area (Å²) in [6.45, 7) is 1.45. The molecule has 2 atom stereocenters. The molecule has 2 aliphatic rings. The summed E-state index contributed by atoms with van der Waals surface area (Å²) in [7, 11) is 0. The quantitative estimate of drug-likeness (QED) is 0.470. The lowest BCUT2D eigenvalue weighted by Crippen LogP contribution is -2.32. The van der Waals surface area contributed by atoms with E-state index in [1.165, 1.54) is 30.5 Å². The van der Waals surface area contributed by atoms with E-state index in [9.17, 15) is 22.8 Å². The summed E-state index contributed by atoms with van der Waals surface area (Å²) in [5.74, 6) is -0.760. The first-order valence-electron chi connectivity index (χ1n) is 11.5. The molecule has 1 aromatic heterocycles. The molecular weight excluding hydrogens is 493 g/mol. The zero-order valence-electron chi connectivity index (χ0n) is 19.0. The molecule has 0 radical (unpaired) electrons. The van der Waals surface area contributed by atoms with Crippen molar-refractivity contribution < 1.29 is 22.8 Å². The van der Waals surface area contributed by atoms with Crippen LogP contribution in [0, 0.1) is 5.92 Å². The summed E-state index contributed by atoms with van der Waals surface area (Å²) in [6, 6.07) is 13.1. The first-order chi connectivity index (χ1) is 17.2. The average Bonchev–Trinajstić information content (AvgIpc) is 3.27. The molecule has 3 heterocycles. The molecule has 1 saturated heterocycles. The Bertz CT molecular complexity index is 1310. The second-order valence-electron chi connectivity index (χ2n) is 8.86. The van der Waals surface area contributed by atoms with E-state index in [0.717, 1.165) is 42.8 Å². The summed E-state index contributed by atoms with van der Waals surface area (Å²) < 4.78 is 39.7. The Balaban J connectivity index is 1.36. The van der Waals surface area contributed by atoms with Gasteiger partial charge in [0.2, 0.25) is 0 Å². The number of nitrogens with zero attached hydrogens (tertiary/aromatic N) is 2. The van der Waals surface area contributed by atoms with Crippen LogP contribution in [0.2, 0.25) is 5.02 Å². The lowest BCUT2D eigenvalue weighted by Gasteiger charge is -2.24. The number of halogens is 4. The van der Waals surface area contributed by atoms with Crippen LogP contribution in [0.1, 0.15) is 50.7 Å². The van der Waals surface area contributed by atoms with Crippen LogP contribution in [0.5, 0.6) is 0 Å². The molecule has 2 aromatic carbocycles. The maximum atomic E-state index is 13.5. The Morgan fingerprint density at radius 3 is 2.64 bits per heavy atom. The van der Waals surface area contributed by atoms with E-state index in [0.29, 0.717) is 23.0 Å². The van der Waals surface area contributed by atoms with Crippen LogP contribution < -0.4 is 15.5 Å². The number of rotatable bonds is 3. The van der Waals surface area contributed by atoms with Crippen molar-refractivity contribution in [2.45, 2.75) is 25.1 Å². The molecule has 5 rings (SSSR count). The number of amides is 2. The lowest BCUT2D eigenvalue weighted by molar-refractivity contribution is -0.137. The molecule has 1 unspecified atom stereocenters. The van der Waals surface area contributed by atoms with E-state index in [-0.39, 0.29) is 17.8 Å². The van der Waals surface area contributed by atoms with Crippen LogP contribution in [0.4, 0.5) is 24.7 Å². The first-order valence-corrected chi connectivity index (χ1v) is 11.9. The van der Waals surface area contributed by atoms with Crippen molar-refractivity contribution >= 4 is 34.9 Å². The number of carbonyl (C=O) groups is 2. The highest BCUT2D eigenvalue weighted by Gasteiger charge is 2.36. The third kappa shape index (κ3) is 4.68. The third-order valence-electron chi connectivity index (χ3n) is 6.66. The van der Waals surface area contributed by atoms with Crippen molar-refractivity contribution in [1.82, 2.24) is 10.3 Å². The summed E-state index contributed by atoms with van der Waals surface area (Å²) in [5, 5.41) is 6.49. The number of benzene rings is 2. The van der Waals surface area contributed by atoms with Crippen molar-refractivity contribution in [3.05, 3.63) is 88.1 Å². The number of hydrogen-bond acceptors (Lipinski definition) is 4. The van der Waals surface area contributed by atoms with Gasteiger partial charge in [-0.15, -0.1) is 0 Å². The highest BCUT2D eigenvalue weighted by atomic mass is 35.5. The van der Waals surface area contributed by atoms with Crippen LogP contribution in [-0.2, 0) is 6.18 Å². The van der Waals surface area contributed by atoms with E-state index < -0.39 is 23.2 Å². The molecule has 0 bridgehead atoms. The molecule has 2 N–H and O–H groups in total. The molecular formula is C26H22ClF3N4O2. The number of aromatic nitrogens is 1. The topological polar surface area (TPSA) is 74.3 Å². The standard InChI is InChI=1S/C26H22ClF3N4O2/c27-17-6-7-21-19(13-17)23-15(9-11-31-23)10-12-34(21)25(36)16-5-8-22(32-14-16)33-24(35)18-3-1-2-4-20(18)26(28,29)30/h1-8,13-15,23,31H,9-12H2,(H,32,33,35)/t15?,23-/m0/s1. The van der Waals surface area contributed by atoms with E-state index in [2.05, 4.69) is 15.6 Å². The van der Waals surface area contributed by atoms with E-state index >= 15 is 0 Å². The van der Waals surface area contributed by atoms with Crippen LogP contribution in [-0.4, -0.2) is 29.9 Å². The Morgan fingerprint density at radius 1 is 1.08 bits per heavy atom.